The van der Waals surface area contributed by atoms with Crippen LogP contribution in [-0.4, -0.2) is 15.1 Å². The number of benzene rings is 1. The molecule has 1 N–H and O–H groups in total. The van der Waals surface area contributed by atoms with E-state index in [9.17, 15) is 0 Å². The van der Waals surface area contributed by atoms with Crippen LogP contribution < -0.4 is 0 Å². The molecule has 76 valence electrons. The van der Waals surface area contributed by atoms with Crippen LogP contribution in [-0.2, 0) is 6.42 Å². The molecule has 0 atom stereocenters. The highest BCUT2D eigenvalue weighted by molar-refractivity contribution is 5.55. The highest BCUT2D eigenvalue weighted by atomic mass is 16.3. The van der Waals surface area contributed by atoms with E-state index in [0.717, 1.165) is 17.7 Å². The molecule has 0 amide bonds. The van der Waals surface area contributed by atoms with Crippen molar-refractivity contribution in [1.82, 2.24) is 9.97 Å². The number of hydrogen-bond acceptors (Lipinski definition) is 3. The van der Waals surface area contributed by atoms with Crippen molar-refractivity contribution in [3.05, 3.63) is 42.2 Å². The minimum Gasteiger partial charge on any atom is -0.508 e. The number of hydrogen-bond donors (Lipinski definition) is 1. The Morgan fingerprint density at radius 3 is 2.53 bits per heavy atom. The van der Waals surface area contributed by atoms with E-state index in [1.165, 1.54) is 0 Å². The maximum absolute atomic E-state index is 9.16. The third-order valence-corrected chi connectivity index (χ3v) is 2.20. The summed E-state index contributed by atoms with van der Waals surface area (Å²) in [7, 11) is 0. The molecule has 1 aromatic carbocycles. The van der Waals surface area contributed by atoms with Crippen molar-refractivity contribution in [2.45, 2.75) is 13.3 Å². The van der Waals surface area contributed by atoms with Gasteiger partial charge in [-0.05, 0) is 36.8 Å². The Morgan fingerprint density at radius 2 is 1.87 bits per heavy atom. The molecular formula is C12H12N2O. The summed E-state index contributed by atoms with van der Waals surface area (Å²) in [6.07, 6.45) is 2.65. The van der Waals surface area contributed by atoms with Crippen LogP contribution in [0.25, 0.3) is 11.4 Å². The second kappa shape index (κ2) is 4.09. The lowest BCUT2D eigenvalue weighted by atomic mass is 10.2. The van der Waals surface area contributed by atoms with Gasteiger partial charge in [-0.15, -0.1) is 0 Å². The third kappa shape index (κ3) is 2.13. The van der Waals surface area contributed by atoms with Crippen molar-refractivity contribution in [2.75, 3.05) is 0 Å². The summed E-state index contributed by atoms with van der Waals surface area (Å²) >= 11 is 0. The normalized spacial score (nSPS) is 10.2. The summed E-state index contributed by atoms with van der Waals surface area (Å²) in [5, 5.41) is 9.16. The van der Waals surface area contributed by atoms with E-state index < -0.39 is 0 Å². The number of rotatable bonds is 2. The van der Waals surface area contributed by atoms with Gasteiger partial charge >= 0.3 is 0 Å². The Hall–Kier alpha value is -1.90. The lowest BCUT2D eigenvalue weighted by Gasteiger charge is -2.01. The Labute approximate surface area is 88.5 Å². The predicted molar refractivity (Wildman–Crippen MR) is 58.5 cm³/mol. The van der Waals surface area contributed by atoms with Crippen molar-refractivity contribution >= 4 is 0 Å². The first kappa shape index (κ1) is 9.65. The van der Waals surface area contributed by atoms with E-state index in [0.29, 0.717) is 5.82 Å². The molecular weight excluding hydrogens is 188 g/mol. The first-order valence-electron chi connectivity index (χ1n) is 4.91. The van der Waals surface area contributed by atoms with Gasteiger partial charge in [-0.25, -0.2) is 9.97 Å². The van der Waals surface area contributed by atoms with Crippen molar-refractivity contribution in [3.63, 3.8) is 0 Å². The molecule has 0 spiro atoms. The summed E-state index contributed by atoms with van der Waals surface area (Å²) in [6, 6.07) is 8.80. The summed E-state index contributed by atoms with van der Waals surface area (Å²) in [5.74, 6) is 0.958. The predicted octanol–water partition coefficient (Wildman–Crippen LogP) is 2.41. The van der Waals surface area contributed by atoms with E-state index >= 15 is 0 Å². The van der Waals surface area contributed by atoms with Gasteiger partial charge < -0.3 is 5.11 Å². The fourth-order valence-electron chi connectivity index (χ4n) is 1.34. The minimum atomic E-state index is 0.255. The minimum absolute atomic E-state index is 0.255. The van der Waals surface area contributed by atoms with Gasteiger partial charge in [0.25, 0.3) is 0 Å². The van der Waals surface area contributed by atoms with Gasteiger partial charge in [0.1, 0.15) is 5.75 Å². The molecule has 15 heavy (non-hydrogen) atoms. The molecule has 0 aliphatic rings. The van der Waals surface area contributed by atoms with Gasteiger partial charge in [0, 0.05) is 17.5 Å². The zero-order valence-corrected chi connectivity index (χ0v) is 8.51. The second-order valence-electron chi connectivity index (χ2n) is 3.27. The molecule has 2 aromatic rings. The maximum Gasteiger partial charge on any atom is 0.159 e. The molecule has 0 saturated carbocycles. The number of aryl methyl sites for hydroxylation is 1. The van der Waals surface area contributed by atoms with Crippen molar-refractivity contribution in [1.29, 1.82) is 0 Å². The van der Waals surface area contributed by atoms with Crippen LogP contribution in [0.5, 0.6) is 5.75 Å². The van der Waals surface area contributed by atoms with E-state index in [-0.39, 0.29) is 5.75 Å². The molecule has 0 aliphatic carbocycles. The third-order valence-electron chi connectivity index (χ3n) is 2.20. The fraction of sp³-hybridized carbons (Fsp3) is 0.167. The number of phenolic OH excluding ortho intramolecular Hbond substituents is 1. The molecule has 0 radical (unpaired) electrons. The van der Waals surface area contributed by atoms with E-state index in [2.05, 4.69) is 16.9 Å². The topological polar surface area (TPSA) is 46.0 Å². The lowest BCUT2D eigenvalue weighted by Crippen LogP contribution is -1.92. The summed E-state index contributed by atoms with van der Waals surface area (Å²) in [5.41, 5.74) is 1.94. The van der Waals surface area contributed by atoms with Gasteiger partial charge in [0.05, 0.1) is 0 Å². The van der Waals surface area contributed by atoms with E-state index in [4.69, 9.17) is 5.11 Å². The van der Waals surface area contributed by atoms with Crippen LogP contribution in [0.3, 0.4) is 0 Å². The standard InChI is InChI=1S/C12H12N2O/c1-2-10-7-8-13-12(14-10)9-3-5-11(15)6-4-9/h3-8,15H,2H2,1H3. The van der Waals surface area contributed by atoms with Crippen molar-refractivity contribution in [3.8, 4) is 17.1 Å². The van der Waals surface area contributed by atoms with Crippen LogP contribution in [0.15, 0.2) is 36.5 Å². The molecule has 1 heterocycles. The number of aromatic nitrogens is 2. The summed E-state index contributed by atoms with van der Waals surface area (Å²) < 4.78 is 0. The van der Waals surface area contributed by atoms with Crippen LogP contribution in [0.2, 0.25) is 0 Å². The molecule has 0 aliphatic heterocycles. The number of aromatic hydroxyl groups is 1. The molecule has 0 saturated heterocycles. The zero-order chi connectivity index (χ0) is 10.7. The lowest BCUT2D eigenvalue weighted by molar-refractivity contribution is 0.475. The maximum atomic E-state index is 9.16. The molecule has 0 unspecified atom stereocenters. The van der Waals surface area contributed by atoms with Crippen molar-refractivity contribution < 1.29 is 5.11 Å². The zero-order valence-electron chi connectivity index (χ0n) is 8.51. The largest absolute Gasteiger partial charge is 0.508 e. The van der Waals surface area contributed by atoms with Gasteiger partial charge in [-0.1, -0.05) is 6.92 Å². The molecule has 0 bridgehead atoms. The molecule has 2 rings (SSSR count). The van der Waals surface area contributed by atoms with Gasteiger partial charge in [-0.3, -0.25) is 0 Å². The average molecular weight is 200 g/mol. The quantitative estimate of drug-likeness (QED) is 0.809. The monoisotopic (exact) mass is 200 g/mol. The SMILES string of the molecule is CCc1ccnc(-c2ccc(O)cc2)n1. The molecule has 3 nitrogen and oxygen atoms in total. The second-order valence-corrected chi connectivity index (χ2v) is 3.27. The van der Waals surface area contributed by atoms with E-state index in [1.54, 1.807) is 18.3 Å². The van der Waals surface area contributed by atoms with Crippen LogP contribution in [0.4, 0.5) is 0 Å². The van der Waals surface area contributed by atoms with Crippen LogP contribution in [0.1, 0.15) is 12.6 Å². The number of nitrogens with zero attached hydrogens (tertiary/aromatic N) is 2. The van der Waals surface area contributed by atoms with Gasteiger partial charge in [0.2, 0.25) is 0 Å². The first-order valence-corrected chi connectivity index (χ1v) is 4.91. The Morgan fingerprint density at radius 1 is 1.13 bits per heavy atom. The Bertz CT molecular complexity index is 451. The van der Waals surface area contributed by atoms with Crippen LogP contribution >= 0.6 is 0 Å². The van der Waals surface area contributed by atoms with Crippen LogP contribution in [0, 0.1) is 0 Å². The number of phenols is 1. The highest BCUT2D eigenvalue weighted by Crippen LogP contribution is 2.18. The van der Waals surface area contributed by atoms with Gasteiger partial charge in [-0.2, -0.15) is 0 Å². The van der Waals surface area contributed by atoms with Gasteiger partial charge in [0.15, 0.2) is 5.82 Å². The summed E-state index contributed by atoms with van der Waals surface area (Å²) in [4.78, 5) is 8.59. The fourth-order valence-corrected chi connectivity index (χ4v) is 1.34. The molecule has 0 fully saturated rings. The molecule has 1 aromatic heterocycles. The summed E-state index contributed by atoms with van der Waals surface area (Å²) in [6.45, 7) is 2.06. The Kier molecular flexibility index (Phi) is 2.63. The highest BCUT2D eigenvalue weighted by Gasteiger charge is 2.01. The average Bonchev–Trinajstić information content (AvgIpc) is 2.30. The Balaban J connectivity index is 2.40. The van der Waals surface area contributed by atoms with E-state index in [1.807, 2.05) is 18.2 Å². The van der Waals surface area contributed by atoms with Crippen molar-refractivity contribution in [2.24, 2.45) is 0 Å². The smallest absolute Gasteiger partial charge is 0.159 e. The first-order chi connectivity index (χ1) is 7.29. The molecule has 3 heteroatoms.